The van der Waals surface area contributed by atoms with Gasteiger partial charge in [0.1, 0.15) is 0 Å². The number of aromatic nitrogens is 2. The van der Waals surface area contributed by atoms with Gasteiger partial charge in [-0.2, -0.15) is 5.10 Å². The van der Waals surface area contributed by atoms with Gasteiger partial charge in [0, 0.05) is 31.9 Å². The highest BCUT2D eigenvalue weighted by molar-refractivity contribution is 14.0. The molecule has 0 aliphatic heterocycles. The fourth-order valence-electron chi connectivity index (χ4n) is 2.95. The number of nitrogens with zero attached hydrogens (tertiary/aromatic N) is 3. The van der Waals surface area contributed by atoms with Crippen LogP contribution in [0.5, 0.6) is 0 Å². The summed E-state index contributed by atoms with van der Waals surface area (Å²) in [6.07, 6.45) is 5.20. The number of rotatable bonds is 5. The Labute approximate surface area is 151 Å². The lowest BCUT2D eigenvalue weighted by Gasteiger charge is -2.19. The fraction of sp³-hybridized carbons (Fsp3) is 0.750. The Kier molecular flexibility index (Phi) is 8.20. The SMILES string of the molecule is CN=C(NCC(C)Cn1nc(C)cc1C)NC1CCCC1.I. The highest BCUT2D eigenvalue weighted by atomic mass is 127. The quantitative estimate of drug-likeness (QED) is 0.439. The first kappa shape index (κ1) is 19.3. The van der Waals surface area contributed by atoms with Crippen molar-refractivity contribution in [3.8, 4) is 0 Å². The first-order chi connectivity index (χ1) is 10.1. The standard InChI is InChI=1S/C16H29N5.HI/c1-12(11-21-14(3)9-13(2)20-21)10-18-16(17-4)19-15-7-5-6-8-15;/h9,12,15H,5-8,10-11H2,1-4H3,(H2,17,18,19);1H. The molecule has 0 bridgehead atoms. The van der Waals surface area contributed by atoms with Crippen molar-refractivity contribution < 1.29 is 0 Å². The molecular formula is C16H30IN5. The van der Waals surface area contributed by atoms with E-state index in [9.17, 15) is 0 Å². The zero-order valence-corrected chi connectivity index (χ0v) is 16.6. The first-order valence-electron chi connectivity index (χ1n) is 8.06. The van der Waals surface area contributed by atoms with Gasteiger partial charge in [-0.15, -0.1) is 24.0 Å². The maximum Gasteiger partial charge on any atom is 0.191 e. The molecule has 0 aromatic carbocycles. The summed E-state index contributed by atoms with van der Waals surface area (Å²) in [5, 5.41) is 11.5. The van der Waals surface area contributed by atoms with Crippen LogP contribution in [0.15, 0.2) is 11.1 Å². The number of aryl methyl sites for hydroxylation is 2. The van der Waals surface area contributed by atoms with Gasteiger partial charge in [0.2, 0.25) is 0 Å². The average molecular weight is 419 g/mol. The van der Waals surface area contributed by atoms with E-state index >= 15 is 0 Å². The molecule has 1 fully saturated rings. The second-order valence-corrected chi connectivity index (χ2v) is 6.29. The predicted molar refractivity (Wildman–Crippen MR) is 103 cm³/mol. The van der Waals surface area contributed by atoms with E-state index in [0.29, 0.717) is 12.0 Å². The Hall–Kier alpha value is -0.790. The number of hydrogen-bond donors (Lipinski definition) is 2. The molecule has 1 heterocycles. The van der Waals surface area contributed by atoms with E-state index < -0.39 is 0 Å². The second kappa shape index (κ2) is 9.37. The van der Waals surface area contributed by atoms with Crippen molar-refractivity contribution in [2.45, 2.75) is 59.0 Å². The summed E-state index contributed by atoms with van der Waals surface area (Å²) < 4.78 is 2.09. The summed E-state index contributed by atoms with van der Waals surface area (Å²) in [6.45, 7) is 8.24. The highest BCUT2D eigenvalue weighted by Crippen LogP contribution is 2.17. The Bertz CT molecular complexity index is 477. The van der Waals surface area contributed by atoms with Crippen LogP contribution in [-0.2, 0) is 6.54 Å². The smallest absolute Gasteiger partial charge is 0.191 e. The van der Waals surface area contributed by atoms with Gasteiger partial charge in [-0.1, -0.05) is 19.8 Å². The summed E-state index contributed by atoms with van der Waals surface area (Å²) in [5.74, 6) is 1.44. The Balaban J connectivity index is 0.00000242. The van der Waals surface area contributed by atoms with Crippen LogP contribution in [0, 0.1) is 19.8 Å². The lowest BCUT2D eigenvalue weighted by atomic mass is 10.2. The van der Waals surface area contributed by atoms with Gasteiger partial charge in [-0.25, -0.2) is 0 Å². The normalized spacial score (nSPS) is 17.2. The van der Waals surface area contributed by atoms with E-state index in [-0.39, 0.29) is 24.0 Å². The molecule has 2 N–H and O–H groups in total. The molecule has 1 aromatic rings. The maximum absolute atomic E-state index is 4.52. The molecule has 1 aliphatic rings. The molecule has 6 heteroatoms. The molecule has 1 saturated carbocycles. The largest absolute Gasteiger partial charge is 0.356 e. The molecular weight excluding hydrogens is 389 g/mol. The fourth-order valence-corrected chi connectivity index (χ4v) is 2.95. The van der Waals surface area contributed by atoms with E-state index in [2.05, 4.69) is 45.3 Å². The van der Waals surface area contributed by atoms with Crippen molar-refractivity contribution in [2.75, 3.05) is 13.6 Å². The molecule has 0 spiro atoms. The van der Waals surface area contributed by atoms with Crippen molar-refractivity contribution in [3.63, 3.8) is 0 Å². The number of nitrogens with one attached hydrogen (secondary N) is 2. The van der Waals surface area contributed by atoms with Gasteiger partial charge in [-0.3, -0.25) is 9.67 Å². The average Bonchev–Trinajstić information content (AvgIpc) is 3.05. The topological polar surface area (TPSA) is 54.2 Å². The molecule has 1 aliphatic carbocycles. The van der Waals surface area contributed by atoms with E-state index in [1.54, 1.807) is 0 Å². The van der Waals surface area contributed by atoms with Crippen LogP contribution in [-0.4, -0.2) is 35.4 Å². The van der Waals surface area contributed by atoms with E-state index in [0.717, 1.165) is 24.7 Å². The van der Waals surface area contributed by atoms with Gasteiger partial charge in [0.05, 0.1) is 5.69 Å². The molecule has 5 nitrogen and oxygen atoms in total. The molecule has 2 rings (SSSR count). The molecule has 1 unspecified atom stereocenters. The van der Waals surface area contributed by atoms with Crippen LogP contribution in [0.3, 0.4) is 0 Å². The van der Waals surface area contributed by atoms with E-state index in [1.807, 2.05) is 14.0 Å². The Morgan fingerprint density at radius 2 is 2.09 bits per heavy atom. The zero-order valence-electron chi connectivity index (χ0n) is 14.2. The van der Waals surface area contributed by atoms with Crippen LogP contribution in [0.2, 0.25) is 0 Å². The van der Waals surface area contributed by atoms with Crippen LogP contribution in [0.25, 0.3) is 0 Å². The van der Waals surface area contributed by atoms with Gasteiger partial charge in [-0.05, 0) is 38.7 Å². The number of guanidine groups is 1. The van der Waals surface area contributed by atoms with E-state index in [1.165, 1.54) is 31.4 Å². The third kappa shape index (κ3) is 5.78. The summed E-state index contributed by atoms with van der Waals surface area (Å²) >= 11 is 0. The number of hydrogen-bond acceptors (Lipinski definition) is 2. The zero-order chi connectivity index (χ0) is 15.2. The lowest BCUT2D eigenvalue weighted by Crippen LogP contribution is -2.44. The van der Waals surface area contributed by atoms with Gasteiger partial charge in [0.25, 0.3) is 0 Å². The molecule has 0 saturated heterocycles. The summed E-state index contributed by atoms with van der Waals surface area (Å²) in [7, 11) is 1.84. The van der Waals surface area contributed by atoms with Crippen molar-refractivity contribution in [1.29, 1.82) is 0 Å². The molecule has 22 heavy (non-hydrogen) atoms. The maximum atomic E-state index is 4.52. The van der Waals surface area contributed by atoms with Crippen molar-refractivity contribution in [1.82, 2.24) is 20.4 Å². The molecule has 0 amide bonds. The molecule has 1 aromatic heterocycles. The third-order valence-corrected chi connectivity index (χ3v) is 4.13. The van der Waals surface area contributed by atoms with Crippen LogP contribution >= 0.6 is 24.0 Å². The first-order valence-corrected chi connectivity index (χ1v) is 8.06. The summed E-state index contributed by atoms with van der Waals surface area (Å²) in [4.78, 5) is 4.32. The minimum Gasteiger partial charge on any atom is -0.356 e. The van der Waals surface area contributed by atoms with Crippen molar-refractivity contribution >= 4 is 29.9 Å². The van der Waals surface area contributed by atoms with Crippen molar-refractivity contribution in [2.24, 2.45) is 10.9 Å². The number of aliphatic imine (C=N–C) groups is 1. The minimum absolute atomic E-state index is 0. The lowest BCUT2D eigenvalue weighted by molar-refractivity contribution is 0.434. The minimum atomic E-state index is 0. The summed E-state index contributed by atoms with van der Waals surface area (Å²) in [6, 6.07) is 2.73. The summed E-state index contributed by atoms with van der Waals surface area (Å²) in [5.41, 5.74) is 2.32. The highest BCUT2D eigenvalue weighted by Gasteiger charge is 2.16. The van der Waals surface area contributed by atoms with Gasteiger partial charge in [0.15, 0.2) is 5.96 Å². The Morgan fingerprint density at radius 3 is 2.64 bits per heavy atom. The van der Waals surface area contributed by atoms with Crippen molar-refractivity contribution in [3.05, 3.63) is 17.5 Å². The second-order valence-electron chi connectivity index (χ2n) is 6.29. The number of halogens is 1. The molecule has 1 atom stereocenters. The predicted octanol–water partition coefficient (Wildman–Crippen LogP) is 2.86. The van der Waals surface area contributed by atoms with Crippen LogP contribution in [0.4, 0.5) is 0 Å². The van der Waals surface area contributed by atoms with Crippen LogP contribution in [0.1, 0.15) is 44.0 Å². The van der Waals surface area contributed by atoms with Crippen LogP contribution < -0.4 is 10.6 Å². The third-order valence-electron chi connectivity index (χ3n) is 4.13. The molecule has 126 valence electrons. The molecule has 0 radical (unpaired) electrons. The van der Waals surface area contributed by atoms with Gasteiger partial charge < -0.3 is 10.6 Å². The monoisotopic (exact) mass is 419 g/mol. The van der Waals surface area contributed by atoms with Gasteiger partial charge >= 0.3 is 0 Å². The Morgan fingerprint density at radius 1 is 1.41 bits per heavy atom. The van der Waals surface area contributed by atoms with E-state index in [4.69, 9.17) is 0 Å².